The number of hydrogen-bond acceptors (Lipinski definition) is 4. The van der Waals surface area contributed by atoms with E-state index in [1.165, 1.54) is 12.8 Å². The third kappa shape index (κ3) is 5.71. The number of thioether (sulfide) groups is 1. The molecule has 0 aromatic heterocycles. The Bertz CT molecular complexity index is 254. The largest absolute Gasteiger partial charge is 0.396 e. The van der Waals surface area contributed by atoms with E-state index >= 15 is 0 Å². The molecule has 0 aliphatic heterocycles. The quantitative estimate of drug-likeness (QED) is 0.467. The summed E-state index contributed by atoms with van der Waals surface area (Å²) < 4.78 is 0. The predicted molar refractivity (Wildman–Crippen MR) is 81.2 cm³/mol. The fourth-order valence-corrected chi connectivity index (χ4v) is 3.41. The van der Waals surface area contributed by atoms with Gasteiger partial charge in [-0.15, -0.1) is 0 Å². The van der Waals surface area contributed by atoms with Crippen molar-refractivity contribution < 1.29 is 9.90 Å². The minimum absolute atomic E-state index is 0.152. The van der Waals surface area contributed by atoms with Crippen molar-refractivity contribution in [3.05, 3.63) is 0 Å². The molecule has 0 spiro atoms. The van der Waals surface area contributed by atoms with Crippen molar-refractivity contribution in [1.82, 2.24) is 5.32 Å². The van der Waals surface area contributed by atoms with Crippen molar-refractivity contribution in [1.29, 1.82) is 0 Å². The number of aliphatic hydroxyl groups excluding tert-OH is 1. The summed E-state index contributed by atoms with van der Waals surface area (Å²) >= 11 is 1.77. The monoisotopic (exact) mass is 288 g/mol. The van der Waals surface area contributed by atoms with Gasteiger partial charge in [-0.2, -0.15) is 11.8 Å². The van der Waals surface area contributed by atoms with Crippen molar-refractivity contribution >= 4 is 17.7 Å². The topological polar surface area (TPSA) is 75.4 Å². The summed E-state index contributed by atoms with van der Waals surface area (Å²) in [6.45, 7) is 1.42. The van der Waals surface area contributed by atoms with Crippen LogP contribution in [-0.4, -0.2) is 42.2 Å². The molecule has 4 nitrogen and oxygen atoms in total. The van der Waals surface area contributed by atoms with E-state index in [9.17, 15) is 4.79 Å². The molecule has 4 N–H and O–H groups in total. The Morgan fingerprint density at radius 3 is 2.47 bits per heavy atom. The van der Waals surface area contributed by atoms with Crippen LogP contribution in [0.25, 0.3) is 0 Å². The van der Waals surface area contributed by atoms with Gasteiger partial charge in [0.2, 0.25) is 5.91 Å². The van der Waals surface area contributed by atoms with Crippen LogP contribution >= 0.6 is 11.8 Å². The number of nitrogens with two attached hydrogens (primary N) is 1. The number of amides is 1. The molecule has 0 aromatic carbocycles. The van der Waals surface area contributed by atoms with E-state index in [4.69, 9.17) is 10.8 Å². The Hall–Kier alpha value is -0.260. The molecule has 1 aliphatic rings. The van der Waals surface area contributed by atoms with Crippen LogP contribution in [0.2, 0.25) is 0 Å². The van der Waals surface area contributed by atoms with Gasteiger partial charge in [0.25, 0.3) is 0 Å². The lowest BCUT2D eigenvalue weighted by molar-refractivity contribution is -0.131. The highest BCUT2D eigenvalue weighted by atomic mass is 32.2. The lowest BCUT2D eigenvalue weighted by atomic mass is 9.79. The Morgan fingerprint density at radius 2 is 1.89 bits per heavy atom. The van der Waals surface area contributed by atoms with E-state index in [0.717, 1.165) is 43.6 Å². The molecule has 0 unspecified atom stereocenters. The van der Waals surface area contributed by atoms with Crippen LogP contribution in [0.4, 0.5) is 0 Å². The molecule has 19 heavy (non-hydrogen) atoms. The van der Waals surface area contributed by atoms with E-state index in [2.05, 4.69) is 5.32 Å². The molecule has 0 atom stereocenters. The third-order valence-corrected chi connectivity index (χ3v) is 4.98. The molecule has 1 amide bonds. The van der Waals surface area contributed by atoms with Gasteiger partial charge in [0.15, 0.2) is 0 Å². The average molecular weight is 288 g/mol. The smallest absolute Gasteiger partial charge is 0.227 e. The minimum Gasteiger partial charge on any atom is -0.396 e. The highest BCUT2D eigenvalue weighted by Gasteiger charge is 2.36. The van der Waals surface area contributed by atoms with Crippen LogP contribution in [0, 0.1) is 5.41 Å². The Morgan fingerprint density at radius 1 is 1.21 bits per heavy atom. The molecular weight excluding hydrogens is 260 g/mol. The van der Waals surface area contributed by atoms with Crippen LogP contribution in [0.5, 0.6) is 0 Å². The summed E-state index contributed by atoms with van der Waals surface area (Å²) in [5, 5.41) is 11.7. The SMILES string of the molecule is NCC1(C(=O)NCCSCCCO)CCCCCC1. The maximum atomic E-state index is 12.4. The molecule has 0 bridgehead atoms. The van der Waals surface area contributed by atoms with Crippen molar-refractivity contribution in [2.45, 2.75) is 44.9 Å². The van der Waals surface area contributed by atoms with Gasteiger partial charge in [-0.05, 0) is 25.0 Å². The van der Waals surface area contributed by atoms with Gasteiger partial charge in [0.1, 0.15) is 0 Å². The number of hydrogen-bond donors (Lipinski definition) is 3. The lowest BCUT2D eigenvalue weighted by Crippen LogP contribution is -2.46. The zero-order chi connectivity index (χ0) is 14.0. The standard InChI is InChI=1S/C14H28N2O2S/c15-12-14(6-3-1-2-4-7-14)13(18)16-8-11-19-10-5-9-17/h17H,1-12,15H2,(H,16,18). The van der Waals surface area contributed by atoms with Gasteiger partial charge >= 0.3 is 0 Å². The first-order valence-corrected chi connectivity index (χ1v) is 8.57. The predicted octanol–water partition coefficient (Wildman–Crippen LogP) is 1.52. The molecule has 0 aromatic rings. The molecule has 0 saturated heterocycles. The highest BCUT2D eigenvalue weighted by Crippen LogP contribution is 2.34. The van der Waals surface area contributed by atoms with Gasteiger partial charge < -0.3 is 16.2 Å². The van der Waals surface area contributed by atoms with Crippen LogP contribution in [0.1, 0.15) is 44.9 Å². The molecule has 1 aliphatic carbocycles. The van der Waals surface area contributed by atoms with Gasteiger partial charge in [-0.1, -0.05) is 25.7 Å². The average Bonchev–Trinajstić information content (AvgIpc) is 2.68. The fourth-order valence-electron chi connectivity index (χ4n) is 2.62. The molecule has 0 heterocycles. The summed E-state index contributed by atoms with van der Waals surface area (Å²) in [4.78, 5) is 12.4. The number of carbonyl (C=O) groups excluding carboxylic acids is 1. The van der Waals surface area contributed by atoms with Crippen LogP contribution < -0.4 is 11.1 Å². The summed E-state index contributed by atoms with van der Waals surface area (Å²) in [5.74, 6) is 2.01. The van der Waals surface area contributed by atoms with Gasteiger partial charge in [-0.3, -0.25) is 4.79 Å². The van der Waals surface area contributed by atoms with E-state index in [-0.39, 0.29) is 17.9 Å². The number of rotatable bonds is 8. The molecule has 0 radical (unpaired) electrons. The first-order chi connectivity index (χ1) is 9.25. The molecule has 1 saturated carbocycles. The lowest BCUT2D eigenvalue weighted by Gasteiger charge is -2.29. The van der Waals surface area contributed by atoms with E-state index in [1.54, 1.807) is 11.8 Å². The van der Waals surface area contributed by atoms with Crippen molar-refractivity contribution in [3.8, 4) is 0 Å². The van der Waals surface area contributed by atoms with E-state index < -0.39 is 0 Å². The number of carbonyl (C=O) groups is 1. The molecule has 112 valence electrons. The van der Waals surface area contributed by atoms with Crippen molar-refractivity contribution in [2.24, 2.45) is 11.1 Å². The van der Waals surface area contributed by atoms with Gasteiger partial charge in [0.05, 0.1) is 5.41 Å². The Kier molecular flexibility index (Phi) is 8.50. The Balaban J connectivity index is 2.28. The summed E-state index contributed by atoms with van der Waals surface area (Å²) in [7, 11) is 0. The zero-order valence-electron chi connectivity index (χ0n) is 11.8. The van der Waals surface area contributed by atoms with Gasteiger partial charge in [0, 0.05) is 25.4 Å². The summed E-state index contributed by atoms with van der Waals surface area (Å²) in [6.07, 6.45) is 7.40. The Labute approximate surface area is 120 Å². The van der Waals surface area contributed by atoms with Crippen LogP contribution in [-0.2, 0) is 4.79 Å². The molecule has 1 rings (SSSR count). The maximum absolute atomic E-state index is 12.4. The summed E-state index contributed by atoms with van der Waals surface area (Å²) in [6, 6.07) is 0. The van der Waals surface area contributed by atoms with Gasteiger partial charge in [-0.25, -0.2) is 0 Å². The second-order valence-corrected chi connectivity index (χ2v) is 6.57. The first-order valence-electron chi connectivity index (χ1n) is 7.42. The highest BCUT2D eigenvalue weighted by molar-refractivity contribution is 7.99. The van der Waals surface area contributed by atoms with Crippen LogP contribution in [0.3, 0.4) is 0 Å². The molecular formula is C14H28N2O2S. The normalized spacial score (nSPS) is 18.8. The zero-order valence-corrected chi connectivity index (χ0v) is 12.6. The van der Waals surface area contributed by atoms with E-state index in [0.29, 0.717) is 13.1 Å². The fraction of sp³-hybridized carbons (Fsp3) is 0.929. The van der Waals surface area contributed by atoms with Crippen molar-refractivity contribution in [2.75, 3.05) is 31.2 Å². The second-order valence-electron chi connectivity index (χ2n) is 5.34. The molecule has 5 heteroatoms. The summed E-state index contributed by atoms with van der Waals surface area (Å²) in [5.41, 5.74) is 5.57. The third-order valence-electron chi connectivity index (χ3n) is 3.91. The number of nitrogens with one attached hydrogen (secondary N) is 1. The number of aliphatic hydroxyl groups is 1. The maximum Gasteiger partial charge on any atom is 0.227 e. The van der Waals surface area contributed by atoms with E-state index in [1.807, 2.05) is 0 Å². The first kappa shape index (κ1) is 16.8. The van der Waals surface area contributed by atoms with Crippen molar-refractivity contribution in [3.63, 3.8) is 0 Å². The van der Waals surface area contributed by atoms with Crippen LogP contribution in [0.15, 0.2) is 0 Å². The molecule has 1 fully saturated rings. The minimum atomic E-state index is -0.313. The second kappa shape index (κ2) is 9.61.